The van der Waals surface area contributed by atoms with Crippen molar-refractivity contribution >= 4 is 5.91 Å². The number of nitriles is 2. The van der Waals surface area contributed by atoms with Crippen LogP contribution in [0.5, 0.6) is 0 Å². The Morgan fingerprint density at radius 3 is 2.56 bits per heavy atom. The lowest BCUT2D eigenvalue weighted by atomic mass is 9.87. The van der Waals surface area contributed by atoms with Gasteiger partial charge < -0.3 is 5.32 Å². The van der Waals surface area contributed by atoms with Crippen LogP contribution in [0.3, 0.4) is 0 Å². The molecule has 6 nitrogen and oxygen atoms in total. The molecule has 1 saturated carbocycles. The molecule has 1 aliphatic heterocycles. The van der Waals surface area contributed by atoms with Crippen molar-refractivity contribution in [3.05, 3.63) is 0 Å². The van der Waals surface area contributed by atoms with Crippen LogP contribution in [0.2, 0.25) is 0 Å². The maximum absolute atomic E-state index is 12.3. The minimum Gasteiger partial charge on any atom is -0.352 e. The lowest BCUT2D eigenvalue weighted by Crippen LogP contribution is -2.51. The SMILES string of the molecule is C[C@@H]1CCC[C@H](NC(=O)CN2CCN(C[C@@H](C#N)CCC#N)CC2)C1. The highest BCUT2D eigenvalue weighted by Gasteiger charge is 2.24. The van der Waals surface area contributed by atoms with Gasteiger partial charge in [0.25, 0.3) is 0 Å². The summed E-state index contributed by atoms with van der Waals surface area (Å²) in [7, 11) is 0. The number of carbonyl (C=O) groups is 1. The van der Waals surface area contributed by atoms with Crippen LogP contribution in [0.15, 0.2) is 0 Å². The zero-order chi connectivity index (χ0) is 18.1. The molecule has 3 atom stereocenters. The molecule has 2 rings (SSSR count). The quantitative estimate of drug-likeness (QED) is 0.760. The van der Waals surface area contributed by atoms with Gasteiger partial charge in [-0.25, -0.2) is 0 Å². The summed E-state index contributed by atoms with van der Waals surface area (Å²) in [6.45, 7) is 6.99. The fourth-order valence-electron chi connectivity index (χ4n) is 3.92. The lowest BCUT2D eigenvalue weighted by Gasteiger charge is -2.35. The molecule has 25 heavy (non-hydrogen) atoms. The van der Waals surface area contributed by atoms with E-state index in [1.807, 2.05) is 0 Å². The molecule has 0 aromatic carbocycles. The number of nitrogens with zero attached hydrogens (tertiary/aromatic N) is 4. The first-order chi connectivity index (χ1) is 12.1. The second kappa shape index (κ2) is 10.4. The summed E-state index contributed by atoms with van der Waals surface area (Å²) in [6, 6.07) is 4.77. The molecule has 0 aromatic rings. The van der Waals surface area contributed by atoms with Crippen LogP contribution in [0, 0.1) is 34.5 Å². The molecular weight excluding hydrogens is 314 g/mol. The predicted octanol–water partition coefficient (Wildman–Crippen LogP) is 1.74. The van der Waals surface area contributed by atoms with E-state index in [4.69, 9.17) is 5.26 Å². The summed E-state index contributed by atoms with van der Waals surface area (Å²) in [4.78, 5) is 16.8. The number of rotatable bonds is 7. The topological polar surface area (TPSA) is 83.2 Å². The van der Waals surface area contributed by atoms with Gasteiger partial charge in [-0.3, -0.25) is 14.6 Å². The van der Waals surface area contributed by atoms with Gasteiger partial charge >= 0.3 is 0 Å². The van der Waals surface area contributed by atoms with Crippen molar-refractivity contribution in [2.45, 2.75) is 51.5 Å². The summed E-state index contributed by atoms with van der Waals surface area (Å²) in [5.41, 5.74) is 0. The van der Waals surface area contributed by atoms with E-state index in [1.165, 1.54) is 12.8 Å². The molecule has 0 aromatic heterocycles. The maximum Gasteiger partial charge on any atom is 0.234 e. The molecule has 0 spiro atoms. The van der Waals surface area contributed by atoms with Gasteiger partial charge in [0, 0.05) is 45.2 Å². The second-order valence-corrected chi connectivity index (χ2v) is 7.64. The largest absolute Gasteiger partial charge is 0.352 e. The molecule has 0 unspecified atom stereocenters. The number of hydrogen-bond acceptors (Lipinski definition) is 5. The number of hydrogen-bond donors (Lipinski definition) is 1. The molecule has 138 valence electrons. The fourth-order valence-corrected chi connectivity index (χ4v) is 3.92. The Kier molecular flexibility index (Phi) is 8.18. The zero-order valence-electron chi connectivity index (χ0n) is 15.4. The van der Waals surface area contributed by atoms with Crippen LogP contribution in [0.4, 0.5) is 0 Å². The first-order valence-corrected chi connectivity index (χ1v) is 9.61. The number of carbonyl (C=O) groups excluding carboxylic acids is 1. The summed E-state index contributed by atoms with van der Waals surface area (Å²) < 4.78 is 0. The zero-order valence-corrected chi connectivity index (χ0v) is 15.4. The first-order valence-electron chi connectivity index (χ1n) is 9.61. The molecule has 1 aliphatic carbocycles. The third-order valence-electron chi connectivity index (χ3n) is 5.40. The average molecular weight is 345 g/mol. The van der Waals surface area contributed by atoms with Crippen LogP contribution in [-0.4, -0.2) is 61.0 Å². The lowest BCUT2D eigenvalue weighted by molar-refractivity contribution is -0.123. The summed E-state index contributed by atoms with van der Waals surface area (Å²) in [5.74, 6) is 0.802. The van der Waals surface area contributed by atoms with Gasteiger partial charge in [-0.2, -0.15) is 10.5 Å². The standard InChI is InChI=1S/C19H31N5O/c1-16-4-2-6-18(12-16)22-19(25)15-24-10-8-23(9-11-24)14-17(13-21)5-3-7-20/h16-18H,2-6,8-12,14-15H2,1H3,(H,22,25)/t16-,17-,18+/m1/s1. The van der Waals surface area contributed by atoms with Crippen LogP contribution in [0.25, 0.3) is 0 Å². The highest BCUT2D eigenvalue weighted by atomic mass is 16.2. The highest BCUT2D eigenvalue weighted by Crippen LogP contribution is 2.23. The third kappa shape index (κ3) is 7.02. The van der Waals surface area contributed by atoms with Crippen LogP contribution >= 0.6 is 0 Å². The summed E-state index contributed by atoms with van der Waals surface area (Å²) >= 11 is 0. The van der Waals surface area contributed by atoms with Crippen molar-refractivity contribution in [2.24, 2.45) is 11.8 Å². The smallest absolute Gasteiger partial charge is 0.234 e. The van der Waals surface area contributed by atoms with E-state index in [0.717, 1.165) is 51.5 Å². The van der Waals surface area contributed by atoms with Crippen molar-refractivity contribution in [2.75, 3.05) is 39.3 Å². The molecule has 0 bridgehead atoms. The molecule has 2 fully saturated rings. The van der Waals surface area contributed by atoms with E-state index in [9.17, 15) is 10.1 Å². The highest BCUT2D eigenvalue weighted by molar-refractivity contribution is 5.78. The van der Waals surface area contributed by atoms with E-state index in [0.29, 0.717) is 25.4 Å². The minimum absolute atomic E-state index is 0.0669. The molecule has 1 N–H and O–H groups in total. The van der Waals surface area contributed by atoms with Crippen molar-refractivity contribution in [1.82, 2.24) is 15.1 Å². The third-order valence-corrected chi connectivity index (χ3v) is 5.40. The number of amides is 1. The van der Waals surface area contributed by atoms with Gasteiger partial charge in [0.2, 0.25) is 5.91 Å². The van der Waals surface area contributed by atoms with Gasteiger partial charge in [0.05, 0.1) is 24.6 Å². The molecule has 0 radical (unpaired) electrons. The van der Waals surface area contributed by atoms with Crippen molar-refractivity contribution in [3.63, 3.8) is 0 Å². The predicted molar refractivity (Wildman–Crippen MR) is 96.4 cm³/mol. The molecule has 6 heteroatoms. The van der Waals surface area contributed by atoms with Gasteiger partial charge in [-0.05, 0) is 25.2 Å². The van der Waals surface area contributed by atoms with Gasteiger partial charge in [-0.15, -0.1) is 0 Å². The second-order valence-electron chi connectivity index (χ2n) is 7.64. The Morgan fingerprint density at radius 2 is 1.92 bits per heavy atom. The summed E-state index contributed by atoms with van der Waals surface area (Å²) in [5, 5.41) is 21.0. The first kappa shape index (κ1) is 19.7. The Hall–Kier alpha value is -1.63. The fraction of sp³-hybridized carbons (Fsp3) is 0.842. The number of nitrogens with one attached hydrogen (secondary N) is 1. The monoisotopic (exact) mass is 345 g/mol. The minimum atomic E-state index is -0.0669. The molecule has 2 aliphatic rings. The van der Waals surface area contributed by atoms with Crippen molar-refractivity contribution in [3.8, 4) is 12.1 Å². The molecule has 1 saturated heterocycles. The number of piperazine rings is 1. The van der Waals surface area contributed by atoms with Crippen molar-refractivity contribution in [1.29, 1.82) is 10.5 Å². The van der Waals surface area contributed by atoms with Crippen LogP contribution in [0.1, 0.15) is 45.4 Å². The summed E-state index contributed by atoms with van der Waals surface area (Å²) in [6.07, 6.45) is 5.82. The van der Waals surface area contributed by atoms with Gasteiger partial charge in [0.15, 0.2) is 0 Å². The van der Waals surface area contributed by atoms with Crippen LogP contribution in [-0.2, 0) is 4.79 Å². The van der Waals surface area contributed by atoms with E-state index < -0.39 is 0 Å². The normalized spacial score (nSPS) is 26.4. The Morgan fingerprint density at radius 1 is 1.20 bits per heavy atom. The van der Waals surface area contributed by atoms with E-state index in [-0.39, 0.29) is 11.8 Å². The van der Waals surface area contributed by atoms with Gasteiger partial charge in [0.1, 0.15) is 0 Å². The van der Waals surface area contributed by atoms with E-state index in [2.05, 4.69) is 34.2 Å². The Labute approximate surface area is 151 Å². The Bertz CT molecular complexity index is 501. The van der Waals surface area contributed by atoms with Crippen molar-refractivity contribution < 1.29 is 4.79 Å². The van der Waals surface area contributed by atoms with E-state index in [1.54, 1.807) is 0 Å². The average Bonchev–Trinajstić information content (AvgIpc) is 2.60. The molecule has 1 amide bonds. The van der Waals surface area contributed by atoms with E-state index >= 15 is 0 Å². The maximum atomic E-state index is 12.3. The van der Waals surface area contributed by atoms with Crippen LogP contribution < -0.4 is 5.32 Å². The Balaban J connectivity index is 1.65. The molecular formula is C19H31N5O. The van der Waals surface area contributed by atoms with Gasteiger partial charge in [-0.1, -0.05) is 19.8 Å². The molecule has 1 heterocycles.